The highest BCUT2D eigenvalue weighted by Crippen LogP contribution is 2.16. The molecule has 0 unspecified atom stereocenters. The van der Waals surface area contributed by atoms with Gasteiger partial charge in [0.05, 0.1) is 25.1 Å². The molecule has 1 N–H and O–H groups in total. The largest absolute Gasteiger partial charge is 0.378 e. The van der Waals surface area contributed by atoms with Gasteiger partial charge in [0.25, 0.3) is 5.56 Å². The van der Waals surface area contributed by atoms with Crippen LogP contribution in [0.3, 0.4) is 0 Å². The summed E-state index contributed by atoms with van der Waals surface area (Å²) in [5.74, 6) is 0.635. The number of nitrogens with zero attached hydrogens (tertiary/aromatic N) is 3. The Hall–Kier alpha value is -2.34. The number of hydrogen-bond acceptors (Lipinski definition) is 5. The Morgan fingerprint density at radius 1 is 1.15 bits per heavy atom. The smallest absolute Gasteiger partial charge is 0.269 e. The number of aromatic nitrogens is 2. The third-order valence-electron chi connectivity index (χ3n) is 3.18. The molecule has 0 atom stereocenters. The van der Waals surface area contributed by atoms with Crippen molar-refractivity contribution in [3.8, 4) is 0 Å². The van der Waals surface area contributed by atoms with Crippen molar-refractivity contribution in [3.63, 3.8) is 0 Å². The van der Waals surface area contributed by atoms with Crippen LogP contribution >= 0.6 is 0 Å². The normalized spacial score (nSPS) is 15.1. The van der Waals surface area contributed by atoms with Gasteiger partial charge in [-0.15, -0.1) is 0 Å². The Morgan fingerprint density at radius 3 is 2.70 bits per heavy atom. The van der Waals surface area contributed by atoms with Gasteiger partial charge in [-0.3, -0.25) is 10.2 Å². The molecule has 2 aromatic heterocycles. The summed E-state index contributed by atoms with van der Waals surface area (Å²) in [6.45, 7) is 3.26. The van der Waals surface area contributed by atoms with Gasteiger partial charge in [-0.25, -0.2) is 9.66 Å². The van der Waals surface area contributed by atoms with Crippen LogP contribution in [-0.2, 0) is 4.74 Å². The Balaban J connectivity index is 1.73. The zero-order valence-corrected chi connectivity index (χ0v) is 11.0. The predicted octanol–water partition coefficient (Wildman–Crippen LogP) is 0.955. The standard InChI is InChI=1S/C14H16N4O2/c19-14-3-1-2-6-18(14)16-13-5-4-12(11-15-13)17-7-9-20-10-8-17/h1-6,11H,7-10H2,(H,15,16). The summed E-state index contributed by atoms with van der Waals surface area (Å²) in [5, 5.41) is 0. The van der Waals surface area contributed by atoms with Gasteiger partial charge < -0.3 is 9.64 Å². The van der Waals surface area contributed by atoms with Crippen LogP contribution in [-0.4, -0.2) is 36.0 Å². The molecule has 1 saturated heterocycles. The Labute approximate surface area is 116 Å². The second kappa shape index (κ2) is 5.75. The number of nitrogens with one attached hydrogen (secondary N) is 1. The minimum atomic E-state index is -0.119. The van der Waals surface area contributed by atoms with Crippen molar-refractivity contribution in [2.45, 2.75) is 0 Å². The lowest BCUT2D eigenvalue weighted by Crippen LogP contribution is -2.36. The van der Waals surface area contributed by atoms with Crippen molar-refractivity contribution in [2.24, 2.45) is 0 Å². The minimum absolute atomic E-state index is 0.119. The molecule has 0 radical (unpaired) electrons. The molecule has 3 rings (SSSR count). The number of ether oxygens (including phenoxy) is 1. The van der Waals surface area contributed by atoms with E-state index in [2.05, 4.69) is 15.3 Å². The molecule has 0 saturated carbocycles. The summed E-state index contributed by atoms with van der Waals surface area (Å²) >= 11 is 0. The summed E-state index contributed by atoms with van der Waals surface area (Å²) in [4.78, 5) is 18.2. The minimum Gasteiger partial charge on any atom is -0.378 e. The zero-order valence-electron chi connectivity index (χ0n) is 11.0. The number of anilines is 2. The van der Waals surface area contributed by atoms with E-state index in [1.165, 1.54) is 10.7 Å². The first kappa shape index (κ1) is 12.7. The van der Waals surface area contributed by atoms with E-state index >= 15 is 0 Å². The molecule has 6 nitrogen and oxygen atoms in total. The van der Waals surface area contributed by atoms with Crippen LogP contribution in [0.1, 0.15) is 0 Å². The monoisotopic (exact) mass is 272 g/mol. The van der Waals surface area contributed by atoms with E-state index in [0.29, 0.717) is 5.82 Å². The lowest BCUT2D eigenvalue weighted by Gasteiger charge is -2.28. The highest BCUT2D eigenvalue weighted by atomic mass is 16.5. The van der Waals surface area contributed by atoms with Gasteiger partial charge >= 0.3 is 0 Å². The van der Waals surface area contributed by atoms with Crippen molar-refractivity contribution in [1.82, 2.24) is 9.66 Å². The fourth-order valence-electron chi connectivity index (χ4n) is 2.10. The second-order valence-electron chi connectivity index (χ2n) is 4.52. The first-order valence-electron chi connectivity index (χ1n) is 6.56. The van der Waals surface area contributed by atoms with Crippen LogP contribution in [0.15, 0.2) is 47.5 Å². The van der Waals surface area contributed by atoms with Crippen LogP contribution in [0.2, 0.25) is 0 Å². The molecule has 6 heteroatoms. The van der Waals surface area contributed by atoms with Gasteiger partial charge in [0.1, 0.15) is 5.82 Å². The highest BCUT2D eigenvalue weighted by molar-refractivity contribution is 5.49. The number of hydrogen-bond donors (Lipinski definition) is 1. The topological polar surface area (TPSA) is 59.4 Å². The van der Waals surface area contributed by atoms with Crippen LogP contribution < -0.4 is 15.9 Å². The van der Waals surface area contributed by atoms with E-state index < -0.39 is 0 Å². The summed E-state index contributed by atoms with van der Waals surface area (Å²) < 4.78 is 6.72. The fourth-order valence-corrected chi connectivity index (χ4v) is 2.10. The van der Waals surface area contributed by atoms with Crippen molar-refractivity contribution >= 4 is 11.5 Å². The maximum Gasteiger partial charge on any atom is 0.269 e. The third kappa shape index (κ3) is 2.80. The maximum absolute atomic E-state index is 11.6. The molecule has 2 aromatic rings. The van der Waals surface area contributed by atoms with Crippen molar-refractivity contribution in [3.05, 3.63) is 53.1 Å². The van der Waals surface area contributed by atoms with E-state index in [1.54, 1.807) is 18.3 Å². The van der Waals surface area contributed by atoms with Crippen LogP contribution in [0, 0.1) is 0 Å². The van der Waals surface area contributed by atoms with Crippen LogP contribution in [0.5, 0.6) is 0 Å². The van der Waals surface area contributed by atoms with E-state index in [0.717, 1.165) is 32.0 Å². The first-order chi connectivity index (χ1) is 9.83. The molecule has 0 amide bonds. The van der Waals surface area contributed by atoms with Gasteiger partial charge in [-0.2, -0.15) is 0 Å². The average Bonchev–Trinajstić information content (AvgIpc) is 2.51. The number of rotatable bonds is 3. The van der Waals surface area contributed by atoms with E-state index in [4.69, 9.17) is 4.74 Å². The van der Waals surface area contributed by atoms with Gasteiger partial charge in [-0.05, 0) is 18.2 Å². The van der Waals surface area contributed by atoms with Crippen LogP contribution in [0.4, 0.5) is 11.5 Å². The molecule has 3 heterocycles. The van der Waals surface area contributed by atoms with Gasteiger partial charge in [0.15, 0.2) is 0 Å². The summed E-state index contributed by atoms with van der Waals surface area (Å²) in [7, 11) is 0. The predicted molar refractivity (Wildman–Crippen MR) is 77.0 cm³/mol. The molecule has 1 aliphatic heterocycles. The molecule has 104 valence electrons. The Kier molecular flexibility index (Phi) is 3.64. The molecule has 0 aliphatic carbocycles. The van der Waals surface area contributed by atoms with Gasteiger partial charge in [-0.1, -0.05) is 6.07 Å². The van der Waals surface area contributed by atoms with Gasteiger partial charge in [0, 0.05) is 25.4 Å². The lowest BCUT2D eigenvalue weighted by atomic mass is 10.3. The molecule has 1 aliphatic rings. The molecule has 0 aromatic carbocycles. The van der Waals surface area contributed by atoms with E-state index in [9.17, 15) is 4.79 Å². The van der Waals surface area contributed by atoms with E-state index in [-0.39, 0.29) is 5.56 Å². The molecular weight excluding hydrogens is 256 g/mol. The van der Waals surface area contributed by atoms with E-state index in [1.807, 2.05) is 18.3 Å². The number of morpholine rings is 1. The Bertz CT molecular complexity index is 618. The van der Waals surface area contributed by atoms with Crippen molar-refractivity contribution in [2.75, 3.05) is 36.6 Å². The summed E-state index contributed by atoms with van der Waals surface area (Å²) in [5.41, 5.74) is 3.90. The molecule has 1 fully saturated rings. The number of pyridine rings is 2. The highest BCUT2D eigenvalue weighted by Gasteiger charge is 2.11. The van der Waals surface area contributed by atoms with Crippen molar-refractivity contribution < 1.29 is 4.74 Å². The van der Waals surface area contributed by atoms with Crippen LogP contribution in [0.25, 0.3) is 0 Å². The SMILES string of the molecule is O=c1ccccn1Nc1ccc(N2CCOCC2)cn1. The zero-order chi connectivity index (χ0) is 13.8. The first-order valence-corrected chi connectivity index (χ1v) is 6.56. The average molecular weight is 272 g/mol. The Morgan fingerprint density at radius 2 is 2.00 bits per heavy atom. The third-order valence-corrected chi connectivity index (χ3v) is 3.18. The molecule has 20 heavy (non-hydrogen) atoms. The second-order valence-corrected chi connectivity index (χ2v) is 4.52. The lowest BCUT2D eigenvalue weighted by molar-refractivity contribution is 0.122. The molecular formula is C14H16N4O2. The quantitative estimate of drug-likeness (QED) is 0.901. The van der Waals surface area contributed by atoms with Crippen molar-refractivity contribution in [1.29, 1.82) is 0 Å². The molecule has 0 spiro atoms. The maximum atomic E-state index is 11.6. The summed E-state index contributed by atoms with van der Waals surface area (Å²) in [6.07, 6.45) is 3.47. The van der Waals surface area contributed by atoms with Gasteiger partial charge in [0.2, 0.25) is 0 Å². The molecule has 0 bridgehead atoms. The fraction of sp³-hybridized carbons (Fsp3) is 0.286. The summed E-state index contributed by atoms with van der Waals surface area (Å²) in [6, 6.07) is 8.85.